The second-order valence-corrected chi connectivity index (χ2v) is 4.39. The van der Waals surface area contributed by atoms with Crippen LogP contribution in [0, 0.1) is 6.92 Å². The smallest absolute Gasteiger partial charge is 0.291 e. The maximum Gasteiger partial charge on any atom is 0.291 e. The van der Waals surface area contributed by atoms with Crippen LogP contribution in [0.4, 0.5) is 0 Å². The third-order valence-corrected chi connectivity index (χ3v) is 2.75. The van der Waals surface area contributed by atoms with Crippen molar-refractivity contribution in [2.24, 2.45) is 0 Å². The molecule has 0 saturated heterocycles. The van der Waals surface area contributed by atoms with Crippen molar-refractivity contribution >= 4 is 11.7 Å². The number of fused-ring (bicyclic) bond motifs is 1. The molecule has 2 aromatic rings. The van der Waals surface area contributed by atoms with E-state index in [1.807, 2.05) is 13.8 Å². The summed E-state index contributed by atoms with van der Waals surface area (Å²) >= 11 is 0. The first-order valence-electron chi connectivity index (χ1n) is 6.26. The van der Waals surface area contributed by atoms with Gasteiger partial charge in [-0.2, -0.15) is 4.98 Å². The zero-order valence-corrected chi connectivity index (χ0v) is 11.0. The first-order valence-corrected chi connectivity index (χ1v) is 6.26. The highest BCUT2D eigenvalue weighted by Crippen LogP contribution is 2.02. The first kappa shape index (κ1) is 13.4. The third-order valence-electron chi connectivity index (χ3n) is 2.75. The average Bonchev–Trinajstić information content (AvgIpc) is 2.82. The van der Waals surface area contributed by atoms with Crippen LogP contribution in [-0.2, 0) is 0 Å². The van der Waals surface area contributed by atoms with E-state index < -0.39 is 12.0 Å². The summed E-state index contributed by atoms with van der Waals surface area (Å²) in [7, 11) is 0. The highest BCUT2D eigenvalue weighted by molar-refractivity contribution is 5.90. The molecule has 0 aromatic carbocycles. The van der Waals surface area contributed by atoms with E-state index in [0.29, 0.717) is 12.2 Å². The van der Waals surface area contributed by atoms with Crippen molar-refractivity contribution < 1.29 is 9.90 Å². The number of nitrogens with zero attached hydrogens (tertiary/aromatic N) is 4. The van der Waals surface area contributed by atoms with Gasteiger partial charge in [-0.1, -0.05) is 13.3 Å². The standard InChI is InChI=1S/C12H17N5O2/c1-3-4-9(18)7-14-11(19)10-15-12-13-6-5-8(2)17(12)16-10/h5-6,9,18H,3-4,7H2,1-2H3,(H,14,19). The van der Waals surface area contributed by atoms with Crippen molar-refractivity contribution in [3.05, 3.63) is 23.8 Å². The van der Waals surface area contributed by atoms with Crippen LogP contribution in [-0.4, -0.2) is 43.2 Å². The fourth-order valence-electron chi connectivity index (χ4n) is 1.73. The Bertz CT molecular complexity index is 581. The Morgan fingerprint density at radius 2 is 2.37 bits per heavy atom. The van der Waals surface area contributed by atoms with Crippen LogP contribution in [0.25, 0.3) is 5.78 Å². The Kier molecular flexibility index (Phi) is 4.06. The van der Waals surface area contributed by atoms with E-state index in [4.69, 9.17) is 0 Å². The molecule has 1 unspecified atom stereocenters. The minimum Gasteiger partial charge on any atom is -0.391 e. The summed E-state index contributed by atoms with van der Waals surface area (Å²) in [6.45, 7) is 4.04. The molecule has 7 heteroatoms. The van der Waals surface area contributed by atoms with Crippen LogP contribution in [0.2, 0.25) is 0 Å². The lowest BCUT2D eigenvalue weighted by atomic mass is 10.2. The van der Waals surface area contributed by atoms with Gasteiger partial charge in [-0.05, 0) is 19.4 Å². The molecule has 0 aliphatic carbocycles. The summed E-state index contributed by atoms with van der Waals surface area (Å²) in [5.41, 5.74) is 0.850. The van der Waals surface area contributed by atoms with Gasteiger partial charge in [-0.3, -0.25) is 4.79 Å². The van der Waals surface area contributed by atoms with Crippen molar-refractivity contribution in [3.63, 3.8) is 0 Å². The Balaban J connectivity index is 2.07. The summed E-state index contributed by atoms with van der Waals surface area (Å²) in [6, 6.07) is 1.79. The Morgan fingerprint density at radius 3 is 3.05 bits per heavy atom. The van der Waals surface area contributed by atoms with Gasteiger partial charge in [0.05, 0.1) is 6.10 Å². The number of carbonyl (C=O) groups excluding carboxylic acids is 1. The van der Waals surface area contributed by atoms with Gasteiger partial charge in [0.15, 0.2) is 0 Å². The lowest BCUT2D eigenvalue weighted by Gasteiger charge is -2.08. The number of aliphatic hydroxyl groups excluding tert-OH is 1. The molecule has 1 atom stereocenters. The SMILES string of the molecule is CCCC(O)CNC(=O)c1nc2nccc(C)n2n1. The zero-order valence-electron chi connectivity index (χ0n) is 11.0. The average molecular weight is 263 g/mol. The summed E-state index contributed by atoms with van der Waals surface area (Å²) in [6.07, 6.45) is 2.60. The van der Waals surface area contributed by atoms with Gasteiger partial charge in [0.1, 0.15) is 0 Å². The number of hydrogen-bond acceptors (Lipinski definition) is 5. The van der Waals surface area contributed by atoms with Crippen molar-refractivity contribution in [1.82, 2.24) is 24.9 Å². The van der Waals surface area contributed by atoms with Gasteiger partial charge in [0.25, 0.3) is 11.7 Å². The minimum absolute atomic E-state index is 0.0606. The fourth-order valence-corrected chi connectivity index (χ4v) is 1.73. The molecule has 1 amide bonds. The van der Waals surface area contributed by atoms with E-state index in [9.17, 15) is 9.90 Å². The maximum atomic E-state index is 11.8. The number of aliphatic hydroxyl groups is 1. The summed E-state index contributed by atoms with van der Waals surface area (Å²) in [4.78, 5) is 19.9. The number of amides is 1. The van der Waals surface area contributed by atoms with E-state index in [1.165, 1.54) is 4.52 Å². The topological polar surface area (TPSA) is 92.4 Å². The normalized spacial score (nSPS) is 12.6. The van der Waals surface area contributed by atoms with Crippen LogP contribution < -0.4 is 5.32 Å². The number of carbonyl (C=O) groups is 1. The largest absolute Gasteiger partial charge is 0.391 e. The molecule has 2 N–H and O–H groups in total. The van der Waals surface area contributed by atoms with E-state index in [2.05, 4.69) is 20.4 Å². The van der Waals surface area contributed by atoms with Crippen molar-refractivity contribution in [1.29, 1.82) is 0 Å². The number of rotatable bonds is 5. The lowest BCUT2D eigenvalue weighted by molar-refractivity contribution is 0.0900. The van der Waals surface area contributed by atoms with Crippen molar-refractivity contribution in [2.75, 3.05) is 6.54 Å². The number of nitrogens with one attached hydrogen (secondary N) is 1. The summed E-state index contributed by atoms with van der Waals surface area (Å²) in [5.74, 6) is 0.0461. The predicted octanol–water partition coefficient (Wildman–Crippen LogP) is 0.324. The fraction of sp³-hybridized carbons (Fsp3) is 0.500. The van der Waals surface area contributed by atoms with Crippen LogP contribution in [0.5, 0.6) is 0 Å². The van der Waals surface area contributed by atoms with E-state index in [0.717, 1.165) is 12.1 Å². The number of aryl methyl sites for hydroxylation is 1. The molecular formula is C12H17N5O2. The zero-order chi connectivity index (χ0) is 13.8. The third kappa shape index (κ3) is 3.05. The van der Waals surface area contributed by atoms with Crippen molar-refractivity contribution in [2.45, 2.75) is 32.8 Å². The van der Waals surface area contributed by atoms with Gasteiger partial charge in [-0.15, -0.1) is 5.10 Å². The monoisotopic (exact) mass is 263 g/mol. The molecule has 0 aliphatic rings. The highest BCUT2D eigenvalue weighted by Gasteiger charge is 2.15. The Labute approximate surface area is 110 Å². The second kappa shape index (κ2) is 5.75. The van der Waals surface area contributed by atoms with Gasteiger partial charge in [0.2, 0.25) is 5.82 Å². The molecule has 7 nitrogen and oxygen atoms in total. The minimum atomic E-state index is -0.536. The lowest BCUT2D eigenvalue weighted by Crippen LogP contribution is -2.32. The first-order chi connectivity index (χ1) is 9.11. The molecule has 102 valence electrons. The van der Waals surface area contributed by atoms with Gasteiger partial charge >= 0.3 is 0 Å². The number of hydrogen-bond donors (Lipinski definition) is 2. The molecule has 2 aromatic heterocycles. The Hall–Kier alpha value is -2.02. The van der Waals surface area contributed by atoms with Gasteiger partial charge in [-0.25, -0.2) is 9.50 Å². The molecule has 0 bridgehead atoms. The van der Waals surface area contributed by atoms with Crippen LogP contribution in [0.3, 0.4) is 0 Å². The molecule has 2 rings (SSSR count). The predicted molar refractivity (Wildman–Crippen MR) is 68.8 cm³/mol. The quantitative estimate of drug-likeness (QED) is 0.810. The van der Waals surface area contributed by atoms with Crippen LogP contribution in [0.1, 0.15) is 36.1 Å². The summed E-state index contributed by atoms with van der Waals surface area (Å²) < 4.78 is 1.51. The Morgan fingerprint density at radius 1 is 1.58 bits per heavy atom. The molecular weight excluding hydrogens is 246 g/mol. The van der Waals surface area contributed by atoms with Gasteiger partial charge < -0.3 is 10.4 Å². The second-order valence-electron chi connectivity index (χ2n) is 4.39. The highest BCUT2D eigenvalue weighted by atomic mass is 16.3. The molecule has 0 radical (unpaired) electrons. The van der Waals surface area contributed by atoms with E-state index in [-0.39, 0.29) is 12.4 Å². The molecule has 2 heterocycles. The molecule has 0 saturated carbocycles. The van der Waals surface area contributed by atoms with Gasteiger partial charge in [0, 0.05) is 18.4 Å². The van der Waals surface area contributed by atoms with Crippen LogP contribution in [0.15, 0.2) is 12.3 Å². The van der Waals surface area contributed by atoms with E-state index in [1.54, 1.807) is 12.3 Å². The molecule has 19 heavy (non-hydrogen) atoms. The molecule has 0 aliphatic heterocycles. The maximum absolute atomic E-state index is 11.8. The van der Waals surface area contributed by atoms with Crippen molar-refractivity contribution in [3.8, 4) is 0 Å². The van der Waals surface area contributed by atoms with Crippen LogP contribution >= 0.6 is 0 Å². The summed E-state index contributed by atoms with van der Waals surface area (Å²) in [5, 5.41) is 16.3. The molecule has 0 fully saturated rings. The number of aromatic nitrogens is 4. The molecule has 0 spiro atoms. The van der Waals surface area contributed by atoms with E-state index >= 15 is 0 Å².